The number of ether oxygens (including phenoxy) is 3. The van der Waals surface area contributed by atoms with E-state index < -0.39 is 23.4 Å². The van der Waals surface area contributed by atoms with E-state index in [1.54, 1.807) is 0 Å². The van der Waals surface area contributed by atoms with E-state index in [1.165, 1.54) is 0 Å². The summed E-state index contributed by atoms with van der Waals surface area (Å²) in [5.41, 5.74) is 5.52. The highest BCUT2D eigenvalue weighted by Crippen LogP contribution is 2.29. The van der Waals surface area contributed by atoms with Gasteiger partial charge < -0.3 is 25.3 Å². The summed E-state index contributed by atoms with van der Waals surface area (Å²) in [4.78, 5) is 12.1. The average molecular weight is 302 g/mol. The molecule has 1 unspecified atom stereocenters. The lowest BCUT2D eigenvalue weighted by atomic mass is 9.93. The van der Waals surface area contributed by atoms with Gasteiger partial charge in [0.05, 0.1) is 0 Å². The van der Waals surface area contributed by atoms with Gasteiger partial charge in [-0.15, -0.1) is 0 Å². The minimum Gasteiger partial charge on any atom is -0.459 e. The number of hydrogen-bond acceptors (Lipinski definition) is 6. The fourth-order valence-corrected chi connectivity index (χ4v) is 2.58. The molecule has 0 saturated carbocycles. The highest BCUT2D eigenvalue weighted by Gasteiger charge is 2.42. The summed E-state index contributed by atoms with van der Waals surface area (Å²) in [5.74, 6) is -1.05. The van der Waals surface area contributed by atoms with Crippen LogP contribution in [-0.4, -0.2) is 49.2 Å². The van der Waals surface area contributed by atoms with E-state index in [4.69, 9.17) is 19.9 Å². The third-order valence-electron chi connectivity index (χ3n) is 3.37. The van der Waals surface area contributed by atoms with E-state index >= 15 is 0 Å². The van der Waals surface area contributed by atoms with Gasteiger partial charge in [-0.3, -0.25) is 4.79 Å². The number of nitrogens with one attached hydrogen (secondary N) is 1. The molecule has 3 N–H and O–H groups in total. The molecule has 0 aliphatic carbocycles. The van der Waals surface area contributed by atoms with Crippen LogP contribution >= 0.6 is 0 Å². The van der Waals surface area contributed by atoms with Gasteiger partial charge in [0.25, 0.3) is 0 Å². The molecule has 2 atom stereocenters. The summed E-state index contributed by atoms with van der Waals surface area (Å²) in [6.45, 7) is 11.2. The van der Waals surface area contributed by atoms with E-state index in [1.807, 2.05) is 34.6 Å². The molecule has 6 nitrogen and oxygen atoms in total. The summed E-state index contributed by atoms with van der Waals surface area (Å²) in [6, 6.07) is -0.948. The third-order valence-corrected chi connectivity index (χ3v) is 3.37. The van der Waals surface area contributed by atoms with Crippen LogP contribution in [-0.2, 0) is 19.0 Å². The first kappa shape index (κ1) is 18.4. The van der Waals surface area contributed by atoms with Crippen molar-refractivity contribution in [1.82, 2.24) is 5.32 Å². The molecule has 0 amide bonds. The number of piperidine rings is 1. The van der Waals surface area contributed by atoms with Crippen LogP contribution in [0.5, 0.6) is 0 Å². The Morgan fingerprint density at radius 3 is 2.38 bits per heavy atom. The number of carbonyl (C=O) groups is 1. The van der Waals surface area contributed by atoms with Crippen LogP contribution in [0.15, 0.2) is 0 Å². The zero-order valence-corrected chi connectivity index (χ0v) is 13.9. The van der Waals surface area contributed by atoms with Crippen molar-refractivity contribution in [2.75, 3.05) is 19.8 Å². The Morgan fingerprint density at radius 1 is 1.33 bits per heavy atom. The zero-order chi connectivity index (χ0) is 16.1. The summed E-state index contributed by atoms with van der Waals surface area (Å²) in [6.07, 6.45) is 1.28. The molecule has 0 aromatic rings. The lowest BCUT2D eigenvalue weighted by Gasteiger charge is -2.42. The predicted octanol–water partition coefficient (Wildman–Crippen LogP) is 1.18. The molecule has 1 aliphatic rings. The van der Waals surface area contributed by atoms with Crippen molar-refractivity contribution < 1.29 is 19.0 Å². The fourth-order valence-electron chi connectivity index (χ4n) is 2.58. The van der Waals surface area contributed by atoms with Gasteiger partial charge in [0.1, 0.15) is 11.6 Å². The van der Waals surface area contributed by atoms with Gasteiger partial charge in [0, 0.05) is 38.6 Å². The van der Waals surface area contributed by atoms with E-state index in [0.29, 0.717) is 26.2 Å². The highest BCUT2D eigenvalue weighted by atomic mass is 16.7. The molecular formula is C15H30N2O4. The Kier molecular flexibility index (Phi) is 6.59. The lowest BCUT2D eigenvalue weighted by molar-refractivity contribution is -0.251. The first-order chi connectivity index (χ1) is 9.73. The van der Waals surface area contributed by atoms with Crippen LogP contribution in [0.3, 0.4) is 0 Å². The minimum absolute atomic E-state index is 0.216. The SMILES string of the molecule is CCOC1(OCC)CCN[C@H](C(N)C(=O)OC(C)(C)C)C1. The quantitative estimate of drug-likeness (QED) is 0.566. The van der Waals surface area contributed by atoms with Crippen LogP contribution < -0.4 is 11.1 Å². The molecule has 0 spiro atoms. The second-order valence-electron chi connectivity index (χ2n) is 6.35. The zero-order valence-electron chi connectivity index (χ0n) is 13.9. The van der Waals surface area contributed by atoms with E-state index in [0.717, 1.165) is 6.42 Å². The number of esters is 1. The number of carbonyl (C=O) groups excluding carboxylic acids is 1. The molecule has 0 bridgehead atoms. The maximum absolute atomic E-state index is 12.1. The molecule has 1 aliphatic heterocycles. The molecule has 21 heavy (non-hydrogen) atoms. The van der Waals surface area contributed by atoms with Crippen LogP contribution in [0.1, 0.15) is 47.5 Å². The minimum atomic E-state index is -0.732. The molecule has 0 aromatic carbocycles. The molecule has 0 radical (unpaired) electrons. The fraction of sp³-hybridized carbons (Fsp3) is 0.933. The Bertz CT molecular complexity index is 330. The molecular weight excluding hydrogens is 272 g/mol. The Hall–Kier alpha value is -0.690. The first-order valence-corrected chi connectivity index (χ1v) is 7.73. The van der Waals surface area contributed by atoms with E-state index in [2.05, 4.69) is 5.32 Å². The second-order valence-corrected chi connectivity index (χ2v) is 6.35. The monoisotopic (exact) mass is 302 g/mol. The van der Waals surface area contributed by atoms with Gasteiger partial charge in [-0.1, -0.05) is 0 Å². The van der Waals surface area contributed by atoms with Crippen molar-refractivity contribution in [3.8, 4) is 0 Å². The van der Waals surface area contributed by atoms with Crippen molar-refractivity contribution in [3.63, 3.8) is 0 Å². The second kappa shape index (κ2) is 7.54. The maximum Gasteiger partial charge on any atom is 0.325 e. The van der Waals surface area contributed by atoms with Crippen molar-refractivity contribution in [2.45, 2.75) is 70.9 Å². The molecule has 1 fully saturated rings. The highest BCUT2D eigenvalue weighted by molar-refractivity contribution is 5.76. The Labute approximate surface area is 127 Å². The molecule has 1 rings (SSSR count). The van der Waals surface area contributed by atoms with Crippen LogP contribution in [0.2, 0.25) is 0 Å². The number of nitrogens with two attached hydrogens (primary N) is 1. The van der Waals surface area contributed by atoms with Gasteiger partial charge in [0.2, 0.25) is 0 Å². The van der Waals surface area contributed by atoms with Crippen LogP contribution in [0.25, 0.3) is 0 Å². The normalized spacial score (nSPS) is 23.6. The van der Waals surface area contributed by atoms with E-state index in [9.17, 15) is 4.79 Å². The van der Waals surface area contributed by atoms with Gasteiger partial charge in [-0.05, 0) is 34.6 Å². The van der Waals surface area contributed by atoms with Crippen molar-refractivity contribution >= 4 is 5.97 Å². The summed E-state index contributed by atoms with van der Waals surface area (Å²) in [5, 5.41) is 3.27. The summed E-state index contributed by atoms with van der Waals surface area (Å²) < 4.78 is 17.0. The largest absolute Gasteiger partial charge is 0.459 e. The van der Waals surface area contributed by atoms with Gasteiger partial charge >= 0.3 is 5.97 Å². The van der Waals surface area contributed by atoms with E-state index in [-0.39, 0.29) is 6.04 Å². The topological polar surface area (TPSA) is 82.8 Å². The summed E-state index contributed by atoms with van der Waals surface area (Å²) in [7, 11) is 0. The standard InChI is InChI=1S/C15H30N2O4/c1-6-19-15(20-7-2)8-9-17-11(10-15)12(16)13(18)21-14(3,4)5/h11-12,17H,6-10,16H2,1-5H3/t11-,12?/m0/s1. The smallest absolute Gasteiger partial charge is 0.325 e. The molecule has 0 aromatic heterocycles. The third kappa shape index (κ3) is 5.54. The van der Waals surface area contributed by atoms with Crippen LogP contribution in [0.4, 0.5) is 0 Å². The first-order valence-electron chi connectivity index (χ1n) is 7.73. The van der Waals surface area contributed by atoms with Crippen molar-refractivity contribution in [1.29, 1.82) is 0 Å². The Morgan fingerprint density at radius 2 is 1.90 bits per heavy atom. The molecule has 1 saturated heterocycles. The van der Waals surface area contributed by atoms with Gasteiger partial charge in [0.15, 0.2) is 5.79 Å². The predicted molar refractivity (Wildman–Crippen MR) is 80.8 cm³/mol. The molecule has 6 heteroatoms. The maximum atomic E-state index is 12.1. The van der Waals surface area contributed by atoms with Gasteiger partial charge in [-0.25, -0.2) is 0 Å². The Balaban J connectivity index is 2.71. The number of hydrogen-bond donors (Lipinski definition) is 2. The van der Waals surface area contributed by atoms with Crippen LogP contribution in [0, 0.1) is 0 Å². The van der Waals surface area contributed by atoms with Crippen molar-refractivity contribution in [3.05, 3.63) is 0 Å². The summed E-state index contributed by atoms with van der Waals surface area (Å²) >= 11 is 0. The average Bonchev–Trinajstić information content (AvgIpc) is 2.36. The van der Waals surface area contributed by atoms with Crippen molar-refractivity contribution in [2.24, 2.45) is 5.73 Å². The molecule has 1 heterocycles. The lowest BCUT2D eigenvalue weighted by Crippen LogP contribution is -2.60. The number of rotatable bonds is 6. The van der Waals surface area contributed by atoms with Gasteiger partial charge in [-0.2, -0.15) is 0 Å². The molecule has 124 valence electrons.